The van der Waals surface area contributed by atoms with Crippen LogP contribution in [0.25, 0.3) is 0 Å². The summed E-state index contributed by atoms with van der Waals surface area (Å²) in [5.41, 5.74) is 2.50. The van der Waals surface area contributed by atoms with Crippen LogP contribution in [0.1, 0.15) is 30.4 Å². The third-order valence-corrected chi connectivity index (χ3v) is 4.83. The second-order valence-corrected chi connectivity index (χ2v) is 6.97. The van der Waals surface area contributed by atoms with E-state index in [1.807, 2.05) is 19.4 Å². The highest BCUT2D eigenvalue weighted by atomic mass is 16.1. The monoisotopic (exact) mass is 340 g/mol. The van der Waals surface area contributed by atoms with Crippen molar-refractivity contribution in [3.05, 3.63) is 53.9 Å². The Balaban J connectivity index is 1.39. The largest absolute Gasteiger partial charge is 0.352 e. The van der Waals surface area contributed by atoms with E-state index in [0.29, 0.717) is 6.42 Å². The minimum Gasteiger partial charge on any atom is -0.352 e. The van der Waals surface area contributed by atoms with E-state index >= 15 is 0 Å². The second-order valence-electron chi connectivity index (χ2n) is 6.97. The third kappa shape index (κ3) is 5.71. The molecule has 25 heavy (non-hydrogen) atoms. The lowest BCUT2D eigenvalue weighted by Gasteiger charge is -2.33. The van der Waals surface area contributed by atoms with Crippen molar-refractivity contribution in [3.8, 4) is 0 Å². The molecule has 0 aliphatic carbocycles. The van der Waals surface area contributed by atoms with Gasteiger partial charge in [0, 0.05) is 38.8 Å². The van der Waals surface area contributed by atoms with Crippen LogP contribution in [-0.4, -0.2) is 46.3 Å². The molecule has 5 nitrogen and oxygen atoms in total. The molecular weight excluding hydrogens is 312 g/mol. The van der Waals surface area contributed by atoms with Crippen molar-refractivity contribution in [2.75, 3.05) is 19.6 Å². The summed E-state index contributed by atoms with van der Waals surface area (Å²) in [6.45, 7) is 3.16. The average molecular weight is 340 g/mol. The average Bonchev–Trinajstić information content (AvgIpc) is 3.05. The van der Waals surface area contributed by atoms with Gasteiger partial charge in [-0.05, 0) is 43.4 Å². The molecule has 1 unspecified atom stereocenters. The Labute approximate surface area is 150 Å². The second kappa shape index (κ2) is 8.81. The fourth-order valence-corrected chi connectivity index (χ4v) is 3.47. The Morgan fingerprint density at radius 1 is 1.24 bits per heavy atom. The first kappa shape index (κ1) is 17.7. The van der Waals surface area contributed by atoms with Gasteiger partial charge < -0.3 is 10.2 Å². The number of nitrogens with zero attached hydrogens (tertiary/aromatic N) is 3. The summed E-state index contributed by atoms with van der Waals surface area (Å²) in [4.78, 5) is 14.7. The summed E-state index contributed by atoms with van der Waals surface area (Å²) in [6, 6.07) is 10.9. The van der Waals surface area contributed by atoms with Crippen LogP contribution in [0.3, 0.4) is 0 Å². The van der Waals surface area contributed by atoms with Crippen LogP contribution in [0, 0.1) is 0 Å². The Kier molecular flexibility index (Phi) is 6.23. The zero-order chi connectivity index (χ0) is 17.5. The highest BCUT2D eigenvalue weighted by Crippen LogP contribution is 2.12. The molecule has 1 amide bonds. The number of aromatic nitrogens is 2. The number of nitrogens with one attached hydrogen (secondary N) is 1. The number of hydrogen-bond donors (Lipinski definition) is 1. The number of carbonyl (C=O) groups excluding carboxylic acids is 1. The molecule has 1 N–H and O–H groups in total. The van der Waals surface area contributed by atoms with Crippen LogP contribution in [0.2, 0.25) is 0 Å². The van der Waals surface area contributed by atoms with Crippen molar-refractivity contribution < 1.29 is 4.79 Å². The van der Waals surface area contributed by atoms with E-state index < -0.39 is 0 Å². The van der Waals surface area contributed by atoms with Gasteiger partial charge in [0.15, 0.2) is 0 Å². The third-order valence-electron chi connectivity index (χ3n) is 4.83. The normalized spacial score (nSPS) is 18.2. The molecule has 1 fully saturated rings. The number of carbonyl (C=O) groups is 1. The van der Waals surface area contributed by atoms with Crippen LogP contribution in [0.4, 0.5) is 0 Å². The van der Waals surface area contributed by atoms with Gasteiger partial charge >= 0.3 is 0 Å². The molecule has 0 radical (unpaired) electrons. The highest BCUT2D eigenvalue weighted by molar-refractivity contribution is 5.76. The molecule has 5 heteroatoms. The van der Waals surface area contributed by atoms with Gasteiger partial charge in [0.05, 0.1) is 6.20 Å². The zero-order valence-corrected chi connectivity index (χ0v) is 15.0. The molecule has 1 atom stereocenters. The lowest BCUT2D eigenvalue weighted by molar-refractivity contribution is -0.122. The van der Waals surface area contributed by atoms with Gasteiger partial charge in [0.2, 0.25) is 5.91 Å². The van der Waals surface area contributed by atoms with E-state index in [4.69, 9.17) is 0 Å². The van der Waals surface area contributed by atoms with Crippen molar-refractivity contribution >= 4 is 5.91 Å². The number of aryl methyl sites for hydroxylation is 2. The molecule has 0 saturated carbocycles. The number of benzene rings is 1. The fourth-order valence-electron chi connectivity index (χ4n) is 3.47. The molecule has 0 bridgehead atoms. The predicted octanol–water partition coefficient (Wildman–Crippen LogP) is 2.18. The Morgan fingerprint density at radius 2 is 2.08 bits per heavy atom. The quantitative estimate of drug-likeness (QED) is 0.840. The van der Waals surface area contributed by atoms with E-state index in [-0.39, 0.29) is 11.9 Å². The standard InChI is InChI=1S/C20H28N4O/c1-23-15-18(14-21-23)9-10-20(25)22-19-8-5-12-24(16-19)13-11-17-6-3-2-4-7-17/h2-4,6-7,14-15,19H,5,8-13,16H2,1H3,(H,22,25). The zero-order valence-electron chi connectivity index (χ0n) is 15.0. The Bertz CT molecular complexity index is 667. The number of amides is 1. The SMILES string of the molecule is Cn1cc(CCC(=O)NC2CCCN(CCc3ccccc3)C2)cn1. The molecule has 0 spiro atoms. The van der Waals surface area contributed by atoms with Crippen LogP contribution < -0.4 is 5.32 Å². The summed E-state index contributed by atoms with van der Waals surface area (Å²) in [6.07, 6.45) is 8.40. The van der Waals surface area contributed by atoms with E-state index in [9.17, 15) is 4.79 Å². The molecule has 1 aliphatic rings. The Hall–Kier alpha value is -2.14. The van der Waals surface area contributed by atoms with Crippen molar-refractivity contribution in [2.24, 2.45) is 7.05 Å². The number of hydrogen-bond acceptors (Lipinski definition) is 3. The molecule has 1 aliphatic heterocycles. The minimum absolute atomic E-state index is 0.152. The molecule has 1 aromatic carbocycles. The first-order valence-electron chi connectivity index (χ1n) is 9.22. The minimum atomic E-state index is 0.152. The van der Waals surface area contributed by atoms with Crippen LogP contribution in [0.15, 0.2) is 42.7 Å². The van der Waals surface area contributed by atoms with Gasteiger partial charge in [-0.1, -0.05) is 30.3 Å². The lowest BCUT2D eigenvalue weighted by Crippen LogP contribution is -2.48. The van der Waals surface area contributed by atoms with Crippen LogP contribution >= 0.6 is 0 Å². The van der Waals surface area contributed by atoms with Gasteiger partial charge in [-0.2, -0.15) is 5.10 Å². The summed E-state index contributed by atoms with van der Waals surface area (Å²) in [7, 11) is 1.90. The summed E-state index contributed by atoms with van der Waals surface area (Å²) in [5, 5.41) is 7.36. The van der Waals surface area contributed by atoms with Gasteiger partial charge in [0.1, 0.15) is 0 Å². The highest BCUT2D eigenvalue weighted by Gasteiger charge is 2.21. The summed E-state index contributed by atoms with van der Waals surface area (Å²) >= 11 is 0. The fraction of sp³-hybridized carbons (Fsp3) is 0.500. The number of likely N-dealkylation sites (tertiary alicyclic amines) is 1. The van der Waals surface area contributed by atoms with Crippen LogP contribution in [-0.2, 0) is 24.7 Å². The van der Waals surface area contributed by atoms with Crippen molar-refractivity contribution in [2.45, 2.75) is 38.1 Å². The molecular formula is C20H28N4O. The smallest absolute Gasteiger partial charge is 0.220 e. The lowest BCUT2D eigenvalue weighted by atomic mass is 10.0. The summed E-state index contributed by atoms with van der Waals surface area (Å²) < 4.78 is 1.78. The van der Waals surface area contributed by atoms with E-state index in [0.717, 1.165) is 50.9 Å². The van der Waals surface area contributed by atoms with E-state index in [1.165, 1.54) is 5.56 Å². The maximum Gasteiger partial charge on any atom is 0.220 e. The maximum absolute atomic E-state index is 12.2. The molecule has 2 aromatic rings. The predicted molar refractivity (Wildman–Crippen MR) is 99.3 cm³/mol. The topological polar surface area (TPSA) is 50.2 Å². The van der Waals surface area contributed by atoms with Gasteiger partial charge in [-0.3, -0.25) is 9.48 Å². The molecule has 1 aromatic heterocycles. The first-order valence-corrected chi connectivity index (χ1v) is 9.22. The van der Waals surface area contributed by atoms with Gasteiger partial charge in [-0.25, -0.2) is 0 Å². The van der Waals surface area contributed by atoms with Crippen molar-refractivity contribution in [1.29, 1.82) is 0 Å². The molecule has 3 rings (SSSR count). The number of rotatable bonds is 7. The van der Waals surface area contributed by atoms with Gasteiger partial charge in [-0.15, -0.1) is 0 Å². The van der Waals surface area contributed by atoms with E-state index in [1.54, 1.807) is 4.68 Å². The maximum atomic E-state index is 12.2. The van der Waals surface area contributed by atoms with Crippen molar-refractivity contribution in [1.82, 2.24) is 20.0 Å². The summed E-state index contributed by atoms with van der Waals surface area (Å²) in [5.74, 6) is 0.152. The van der Waals surface area contributed by atoms with Gasteiger partial charge in [0.25, 0.3) is 0 Å². The van der Waals surface area contributed by atoms with E-state index in [2.05, 4.69) is 45.6 Å². The first-order chi connectivity index (χ1) is 12.2. The van der Waals surface area contributed by atoms with Crippen molar-refractivity contribution in [3.63, 3.8) is 0 Å². The molecule has 2 heterocycles. The molecule has 134 valence electrons. The molecule has 1 saturated heterocycles. The number of piperidine rings is 1. The van der Waals surface area contributed by atoms with Crippen LogP contribution in [0.5, 0.6) is 0 Å². The Morgan fingerprint density at radius 3 is 2.84 bits per heavy atom.